The Morgan fingerprint density at radius 3 is 3.00 bits per heavy atom. The molecule has 0 atom stereocenters. The Bertz CT molecular complexity index is 455. The number of azide groups is 1. The molecule has 17 heavy (non-hydrogen) atoms. The number of nitrogens with zero attached hydrogens (tertiary/aromatic N) is 3. The van der Waals surface area contributed by atoms with Gasteiger partial charge in [-0.3, -0.25) is 4.79 Å². The second-order valence-electron chi connectivity index (χ2n) is 3.52. The van der Waals surface area contributed by atoms with Crippen LogP contribution in [0.4, 0.5) is 0 Å². The molecule has 1 N–H and O–H groups in total. The zero-order chi connectivity index (χ0) is 12.7. The van der Waals surface area contributed by atoms with Crippen LogP contribution in [0.3, 0.4) is 0 Å². The maximum atomic E-state index is 11.8. The lowest BCUT2D eigenvalue weighted by Crippen LogP contribution is -2.25. The summed E-state index contributed by atoms with van der Waals surface area (Å²) in [6.07, 6.45) is 0.644. The van der Waals surface area contributed by atoms with Gasteiger partial charge in [-0.25, -0.2) is 0 Å². The van der Waals surface area contributed by atoms with Gasteiger partial charge in [-0.1, -0.05) is 21.0 Å². The van der Waals surface area contributed by atoms with Gasteiger partial charge in [0.2, 0.25) is 0 Å². The highest BCUT2D eigenvalue weighted by atomic mass is 79.9. The molecule has 0 radical (unpaired) electrons. The van der Waals surface area contributed by atoms with E-state index < -0.39 is 0 Å². The number of aryl methyl sites for hydroxylation is 1. The smallest absolute Gasteiger partial charge is 0.251 e. The van der Waals surface area contributed by atoms with Crippen molar-refractivity contribution in [2.75, 3.05) is 13.1 Å². The van der Waals surface area contributed by atoms with Gasteiger partial charge in [0.25, 0.3) is 5.91 Å². The van der Waals surface area contributed by atoms with E-state index in [-0.39, 0.29) is 5.91 Å². The van der Waals surface area contributed by atoms with Crippen molar-refractivity contribution in [1.29, 1.82) is 0 Å². The van der Waals surface area contributed by atoms with Gasteiger partial charge in [0.05, 0.1) is 0 Å². The van der Waals surface area contributed by atoms with Crippen molar-refractivity contribution in [2.24, 2.45) is 5.11 Å². The standard InChI is InChI=1S/C11H13BrN4O/c1-8-7-9(12)3-4-10(8)11(17)14-5-2-6-15-16-13/h3-4,7H,2,5-6H2,1H3,(H,14,17). The van der Waals surface area contributed by atoms with E-state index in [2.05, 4.69) is 31.3 Å². The zero-order valence-corrected chi connectivity index (χ0v) is 11.1. The molecule has 0 unspecified atom stereocenters. The summed E-state index contributed by atoms with van der Waals surface area (Å²) < 4.78 is 0.954. The molecule has 0 aromatic heterocycles. The van der Waals surface area contributed by atoms with Crippen LogP contribution < -0.4 is 5.32 Å². The number of benzene rings is 1. The number of hydrogen-bond acceptors (Lipinski definition) is 2. The maximum absolute atomic E-state index is 11.8. The fourth-order valence-electron chi connectivity index (χ4n) is 1.37. The van der Waals surface area contributed by atoms with Crippen LogP contribution in [0, 0.1) is 6.92 Å². The summed E-state index contributed by atoms with van der Waals surface area (Å²) in [5.74, 6) is -0.101. The number of carbonyl (C=O) groups excluding carboxylic acids is 1. The van der Waals surface area contributed by atoms with E-state index in [1.54, 1.807) is 6.07 Å². The third-order valence-corrected chi connectivity index (χ3v) is 2.71. The first-order chi connectivity index (χ1) is 8.15. The summed E-state index contributed by atoms with van der Waals surface area (Å²) in [5.41, 5.74) is 9.67. The molecule has 0 aliphatic heterocycles. The SMILES string of the molecule is Cc1cc(Br)ccc1C(=O)NCCCN=[N+]=[N-]. The summed E-state index contributed by atoms with van der Waals surface area (Å²) in [7, 11) is 0. The van der Waals surface area contributed by atoms with Crippen molar-refractivity contribution in [3.63, 3.8) is 0 Å². The van der Waals surface area contributed by atoms with Gasteiger partial charge >= 0.3 is 0 Å². The second kappa shape index (κ2) is 6.93. The minimum absolute atomic E-state index is 0.101. The molecular formula is C11H13BrN4O. The molecule has 1 aromatic carbocycles. The molecule has 0 bridgehead atoms. The first kappa shape index (κ1) is 13.5. The van der Waals surface area contributed by atoms with Gasteiger partial charge in [-0.15, -0.1) is 0 Å². The van der Waals surface area contributed by atoms with Crippen molar-refractivity contribution >= 4 is 21.8 Å². The van der Waals surface area contributed by atoms with E-state index in [1.165, 1.54) is 0 Å². The third-order valence-electron chi connectivity index (χ3n) is 2.22. The Hall–Kier alpha value is -1.52. The highest BCUT2D eigenvalue weighted by Crippen LogP contribution is 2.15. The monoisotopic (exact) mass is 296 g/mol. The lowest BCUT2D eigenvalue weighted by Gasteiger charge is -2.07. The van der Waals surface area contributed by atoms with Crippen LogP contribution in [0.5, 0.6) is 0 Å². The van der Waals surface area contributed by atoms with Crippen LogP contribution in [0.2, 0.25) is 0 Å². The van der Waals surface area contributed by atoms with Gasteiger partial charge in [0, 0.05) is 28.0 Å². The quantitative estimate of drug-likeness (QED) is 0.385. The summed E-state index contributed by atoms with van der Waals surface area (Å²) in [6.45, 7) is 2.79. The summed E-state index contributed by atoms with van der Waals surface area (Å²) in [4.78, 5) is 14.4. The van der Waals surface area contributed by atoms with E-state index in [0.29, 0.717) is 25.1 Å². The van der Waals surface area contributed by atoms with Gasteiger partial charge < -0.3 is 5.32 Å². The molecule has 1 amide bonds. The minimum Gasteiger partial charge on any atom is -0.352 e. The maximum Gasteiger partial charge on any atom is 0.251 e. The molecule has 0 aliphatic carbocycles. The molecular weight excluding hydrogens is 284 g/mol. The van der Waals surface area contributed by atoms with Gasteiger partial charge in [-0.05, 0) is 42.6 Å². The largest absolute Gasteiger partial charge is 0.352 e. The molecule has 5 nitrogen and oxygen atoms in total. The van der Waals surface area contributed by atoms with E-state index >= 15 is 0 Å². The van der Waals surface area contributed by atoms with Crippen molar-refractivity contribution in [3.8, 4) is 0 Å². The summed E-state index contributed by atoms with van der Waals surface area (Å²) in [5, 5.41) is 6.17. The Morgan fingerprint density at radius 2 is 2.35 bits per heavy atom. The first-order valence-corrected chi connectivity index (χ1v) is 5.99. The highest BCUT2D eigenvalue weighted by molar-refractivity contribution is 9.10. The summed E-state index contributed by atoms with van der Waals surface area (Å²) in [6, 6.07) is 5.51. The average molecular weight is 297 g/mol. The van der Waals surface area contributed by atoms with Crippen LogP contribution in [0.1, 0.15) is 22.3 Å². The van der Waals surface area contributed by atoms with E-state index in [0.717, 1.165) is 10.0 Å². The fourth-order valence-corrected chi connectivity index (χ4v) is 1.85. The third kappa shape index (κ3) is 4.46. The zero-order valence-electron chi connectivity index (χ0n) is 9.48. The number of halogens is 1. The van der Waals surface area contributed by atoms with Crippen LogP contribution in [-0.2, 0) is 0 Å². The number of carbonyl (C=O) groups is 1. The van der Waals surface area contributed by atoms with Crippen molar-refractivity contribution in [1.82, 2.24) is 5.32 Å². The molecule has 0 heterocycles. The molecule has 1 rings (SSSR count). The number of nitrogens with one attached hydrogen (secondary N) is 1. The van der Waals surface area contributed by atoms with Gasteiger partial charge in [0.15, 0.2) is 0 Å². The lowest BCUT2D eigenvalue weighted by molar-refractivity contribution is 0.0953. The topological polar surface area (TPSA) is 77.9 Å². The number of amides is 1. The Kier molecular flexibility index (Phi) is 5.52. The van der Waals surface area contributed by atoms with Crippen LogP contribution >= 0.6 is 15.9 Å². The van der Waals surface area contributed by atoms with Gasteiger partial charge in [0.1, 0.15) is 0 Å². The predicted octanol–water partition coefficient (Wildman–Crippen LogP) is 3.19. The molecule has 0 saturated heterocycles. The molecule has 0 spiro atoms. The first-order valence-electron chi connectivity index (χ1n) is 5.20. The predicted molar refractivity (Wildman–Crippen MR) is 69.8 cm³/mol. The van der Waals surface area contributed by atoms with Crippen LogP contribution in [0.15, 0.2) is 27.8 Å². The number of rotatable bonds is 5. The summed E-state index contributed by atoms with van der Waals surface area (Å²) >= 11 is 3.35. The van der Waals surface area contributed by atoms with E-state index in [4.69, 9.17) is 5.53 Å². The van der Waals surface area contributed by atoms with Crippen molar-refractivity contribution < 1.29 is 4.79 Å². The van der Waals surface area contributed by atoms with Gasteiger partial charge in [-0.2, -0.15) is 0 Å². The second-order valence-corrected chi connectivity index (χ2v) is 4.44. The molecule has 0 fully saturated rings. The Labute approximate surface area is 108 Å². The Morgan fingerprint density at radius 1 is 1.59 bits per heavy atom. The van der Waals surface area contributed by atoms with Crippen LogP contribution in [0.25, 0.3) is 10.4 Å². The minimum atomic E-state index is -0.101. The number of hydrogen-bond donors (Lipinski definition) is 1. The lowest BCUT2D eigenvalue weighted by atomic mass is 10.1. The Balaban J connectivity index is 2.49. The highest BCUT2D eigenvalue weighted by Gasteiger charge is 2.07. The van der Waals surface area contributed by atoms with E-state index in [1.807, 2.05) is 19.1 Å². The molecule has 90 valence electrons. The molecule has 1 aromatic rings. The molecule has 0 saturated carbocycles. The fraction of sp³-hybridized carbons (Fsp3) is 0.364. The average Bonchev–Trinajstić information content (AvgIpc) is 2.28. The molecule has 0 aliphatic rings. The van der Waals surface area contributed by atoms with Crippen LogP contribution in [-0.4, -0.2) is 19.0 Å². The van der Waals surface area contributed by atoms with Crippen molar-refractivity contribution in [2.45, 2.75) is 13.3 Å². The van der Waals surface area contributed by atoms with Crippen molar-refractivity contribution in [3.05, 3.63) is 44.2 Å². The molecule has 6 heteroatoms. The van der Waals surface area contributed by atoms with E-state index in [9.17, 15) is 4.79 Å². The normalized spacial score (nSPS) is 9.53.